The third-order valence-corrected chi connectivity index (χ3v) is 3.66. The van der Waals surface area contributed by atoms with E-state index in [4.69, 9.17) is 9.47 Å². The highest BCUT2D eigenvalue weighted by Gasteiger charge is 2.11. The first kappa shape index (κ1) is 14.0. The van der Waals surface area contributed by atoms with Gasteiger partial charge in [0, 0.05) is 24.9 Å². The third-order valence-electron chi connectivity index (χ3n) is 3.66. The summed E-state index contributed by atoms with van der Waals surface area (Å²) in [5.41, 5.74) is 1.14. The molecule has 1 heterocycles. The highest BCUT2D eigenvalue weighted by atomic mass is 16.5. The molecule has 0 aromatic heterocycles. The van der Waals surface area contributed by atoms with Crippen molar-refractivity contribution in [3.05, 3.63) is 54.6 Å². The van der Waals surface area contributed by atoms with Crippen LogP contribution in [0.5, 0.6) is 11.5 Å². The van der Waals surface area contributed by atoms with E-state index >= 15 is 0 Å². The Bertz CT molecular complexity index is 531. The molecular formula is C18H21NO2. The summed E-state index contributed by atoms with van der Waals surface area (Å²) in [4.78, 5) is 0. The summed E-state index contributed by atoms with van der Waals surface area (Å²) in [6.07, 6.45) is 3.37. The predicted octanol–water partition coefficient (Wildman–Crippen LogP) is 4.46. The van der Waals surface area contributed by atoms with Gasteiger partial charge in [0.05, 0.1) is 0 Å². The second kappa shape index (κ2) is 7.14. The number of hydrogen-bond donors (Lipinski definition) is 1. The maximum Gasteiger partial charge on any atom is 0.127 e. The average Bonchev–Trinajstić information content (AvgIpc) is 2.79. The number of hydrogen-bond acceptors (Lipinski definition) is 3. The second-order valence-corrected chi connectivity index (χ2v) is 5.32. The lowest BCUT2D eigenvalue weighted by Crippen LogP contribution is -2.19. The SMILES string of the molecule is c1ccc(Oc2ccc(NC3CCCOCC3)cc2)cc1. The summed E-state index contributed by atoms with van der Waals surface area (Å²) in [6.45, 7) is 1.74. The van der Waals surface area contributed by atoms with Crippen LogP contribution in [0.1, 0.15) is 19.3 Å². The number of para-hydroxylation sites is 1. The summed E-state index contributed by atoms with van der Waals surface area (Å²) in [7, 11) is 0. The normalized spacial score (nSPS) is 18.8. The van der Waals surface area contributed by atoms with E-state index in [2.05, 4.69) is 17.4 Å². The van der Waals surface area contributed by atoms with Gasteiger partial charge in [-0.3, -0.25) is 0 Å². The summed E-state index contributed by atoms with van der Waals surface area (Å²) >= 11 is 0. The molecule has 0 aliphatic carbocycles. The molecule has 1 aliphatic rings. The predicted molar refractivity (Wildman–Crippen MR) is 85.0 cm³/mol. The molecule has 0 radical (unpaired) electrons. The van der Waals surface area contributed by atoms with Crippen LogP contribution in [0, 0.1) is 0 Å². The molecule has 0 saturated carbocycles. The van der Waals surface area contributed by atoms with E-state index in [1.165, 1.54) is 6.42 Å². The van der Waals surface area contributed by atoms with Gasteiger partial charge in [-0.25, -0.2) is 0 Å². The van der Waals surface area contributed by atoms with Gasteiger partial charge in [-0.05, 0) is 55.7 Å². The lowest BCUT2D eigenvalue weighted by atomic mass is 10.1. The monoisotopic (exact) mass is 283 g/mol. The van der Waals surface area contributed by atoms with E-state index in [1.54, 1.807) is 0 Å². The summed E-state index contributed by atoms with van der Waals surface area (Å²) in [5.74, 6) is 1.72. The van der Waals surface area contributed by atoms with Crippen molar-refractivity contribution in [2.75, 3.05) is 18.5 Å². The van der Waals surface area contributed by atoms with Crippen molar-refractivity contribution in [3.8, 4) is 11.5 Å². The van der Waals surface area contributed by atoms with Crippen LogP contribution in [0.25, 0.3) is 0 Å². The number of rotatable bonds is 4. The van der Waals surface area contributed by atoms with Crippen LogP contribution in [0.2, 0.25) is 0 Å². The van der Waals surface area contributed by atoms with Gasteiger partial charge < -0.3 is 14.8 Å². The fourth-order valence-electron chi connectivity index (χ4n) is 2.53. The quantitative estimate of drug-likeness (QED) is 0.898. The Morgan fingerprint density at radius 1 is 0.857 bits per heavy atom. The van der Waals surface area contributed by atoms with Gasteiger partial charge in [-0.2, -0.15) is 0 Å². The Balaban J connectivity index is 1.58. The molecule has 1 N–H and O–H groups in total. The maximum absolute atomic E-state index is 5.80. The highest BCUT2D eigenvalue weighted by Crippen LogP contribution is 2.23. The van der Waals surface area contributed by atoms with Crippen LogP contribution in [-0.4, -0.2) is 19.3 Å². The van der Waals surface area contributed by atoms with Gasteiger partial charge in [0.2, 0.25) is 0 Å². The fourth-order valence-corrected chi connectivity index (χ4v) is 2.53. The van der Waals surface area contributed by atoms with E-state index in [0.29, 0.717) is 6.04 Å². The summed E-state index contributed by atoms with van der Waals surface area (Å²) in [5, 5.41) is 3.58. The lowest BCUT2D eigenvalue weighted by Gasteiger charge is -2.17. The lowest BCUT2D eigenvalue weighted by molar-refractivity contribution is 0.144. The molecule has 1 saturated heterocycles. The van der Waals surface area contributed by atoms with Gasteiger partial charge >= 0.3 is 0 Å². The van der Waals surface area contributed by atoms with E-state index < -0.39 is 0 Å². The molecule has 1 atom stereocenters. The Morgan fingerprint density at radius 2 is 1.62 bits per heavy atom. The van der Waals surface area contributed by atoms with E-state index in [0.717, 1.165) is 43.2 Å². The molecule has 0 amide bonds. The minimum Gasteiger partial charge on any atom is -0.457 e. The van der Waals surface area contributed by atoms with Gasteiger partial charge in [0.1, 0.15) is 11.5 Å². The molecule has 2 aromatic carbocycles. The van der Waals surface area contributed by atoms with Crippen LogP contribution >= 0.6 is 0 Å². The molecule has 3 rings (SSSR count). The van der Waals surface area contributed by atoms with Crippen molar-refractivity contribution in [1.29, 1.82) is 0 Å². The first-order valence-electron chi connectivity index (χ1n) is 7.57. The Hall–Kier alpha value is -2.00. The number of nitrogens with one attached hydrogen (secondary N) is 1. The van der Waals surface area contributed by atoms with Crippen molar-refractivity contribution in [2.24, 2.45) is 0 Å². The van der Waals surface area contributed by atoms with Gasteiger partial charge in [0.15, 0.2) is 0 Å². The average molecular weight is 283 g/mol. The number of benzene rings is 2. The molecule has 1 aliphatic heterocycles. The minimum atomic E-state index is 0.508. The highest BCUT2D eigenvalue weighted by molar-refractivity contribution is 5.47. The van der Waals surface area contributed by atoms with E-state index in [9.17, 15) is 0 Å². The van der Waals surface area contributed by atoms with Gasteiger partial charge in [0.25, 0.3) is 0 Å². The number of ether oxygens (including phenoxy) is 2. The molecule has 3 heteroatoms. The van der Waals surface area contributed by atoms with E-state index in [-0.39, 0.29) is 0 Å². The minimum absolute atomic E-state index is 0.508. The molecule has 0 bridgehead atoms. The maximum atomic E-state index is 5.80. The fraction of sp³-hybridized carbons (Fsp3) is 0.333. The van der Waals surface area contributed by atoms with Crippen LogP contribution in [0.4, 0.5) is 5.69 Å². The second-order valence-electron chi connectivity index (χ2n) is 5.32. The molecular weight excluding hydrogens is 262 g/mol. The molecule has 21 heavy (non-hydrogen) atoms. The molecule has 1 fully saturated rings. The van der Waals surface area contributed by atoms with E-state index in [1.807, 2.05) is 42.5 Å². The van der Waals surface area contributed by atoms with Crippen LogP contribution in [-0.2, 0) is 4.74 Å². The largest absolute Gasteiger partial charge is 0.457 e. The smallest absolute Gasteiger partial charge is 0.127 e. The number of anilines is 1. The first-order valence-corrected chi connectivity index (χ1v) is 7.57. The Morgan fingerprint density at radius 3 is 2.43 bits per heavy atom. The molecule has 2 aromatic rings. The Labute approximate surface area is 125 Å². The summed E-state index contributed by atoms with van der Waals surface area (Å²) < 4.78 is 11.3. The van der Waals surface area contributed by atoms with Crippen LogP contribution in [0.3, 0.4) is 0 Å². The van der Waals surface area contributed by atoms with Crippen molar-refractivity contribution in [1.82, 2.24) is 0 Å². The van der Waals surface area contributed by atoms with Crippen molar-refractivity contribution >= 4 is 5.69 Å². The standard InChI is InChI=1S/C18H21NO2/c1-2-6-17(7-3-1)21-18-10-8-16(9-11-18)19-15-5-4-13-20-14-12-15/h1-3,6-11,15,19H,4-5,12-14H2. The topological polar surface area (TPSA) is 30.5 Å². The third kappa shape index (κ3) is 4.23. The zero-order chi connectivity index (χ0) is 14.3. The molecule has 1 unspecified atom stereocenters. The van der Waals surface area contributed by atoms with Crippen LogP contribution < -0.4 is 10.1 Å². The molecule has 3 nitrogen and oxygen atoms in total. The zero-order valence-electron chi connectivity index (χ0n) is 12.1. The van der Waals surface area contributed by atoms with Crippen LogP contribution in [0.15, 0.2) is 54.6 Å². The molecule has 110 valence electrons. The zero-order valence-corrected chi connectivity index (χ0v) is 12.1. The Kier molecular flexibility index (Phi) is 4.74. The molecule has 0 spiro atoms. The first-order chi connectivity index (χ1) is 10.4. The summed E-state index contributed by atoms with van der Waals surface area (Å²) in [6, 6.07) is 18.5. The van der Waals surface area contributed by atoms with Gasteiger partial charge in [-0.15, -0.1) is 0 Å². The van der Waals surface area contributed by atoms with Crippen molar-refractivity contribution in [2.45, 2.75) is 25.3 Å². The van der Waals surface area contributed by atoms with Crippen molar-refractivity contribution in [3.63, 3.8) is 0 Å². The van der Waals surface area contributed by atoms with Gasteiger partial charge in [-0.1, -0.05) is 18.2 Å². The van der Waals surface area contributed by atoms with Crippen molar-refractivity contribution < 1.29 is 9.47 Å².